The Morgan fingerprint density at radius 1 is 1.22 bits per heavy atom. The van der Waals surface area contributed by atoms with Crippen LogP contribution in [0.5, 0.6) is 0 Å². The molecule has 144 valence electrons. The Balaban J connectivity index is 2.42. The lowest BCUT2D eigenvalue weighted by atomic mass is 10.2. The van der Waals surface area contributed by atoms with Gasteiger partial charge in [0.2, 0.25) is 10.0 Å². The Morgan fingerprint density at radius 3 is 2.52 bits per heavy atom. The van der Waals surface area contributed by atoms with Gasteiger partial charge in [-0.05, 0) is 23.8 Å². The number of nitro groups is 1. The van der Waals surface area contributed by atoms with E-state index in [4.69, 9.17) is 11.6 Å². The molecule has 0 atom stereocenters. The number of nitro benzene ring substituents is 1. The fourth-order valence-corrected chi connectivity index (χ4v) is 4.21. The summed E-state index contributed by atoms with van der Waals surface area (Å²) in [7, 11) is -3.92. The summed E-state index contributed by atoms with van der Waals surface area (Å²) in [5.74, 6) is 0. The van der Waals surface area contributed by atoms with Gasteiger partial charge in [0.1, 0.15) is 4.90 Å². The van der Waals surface area contributed by atoms with Gasteiger partial charge < -0.3 is 0 Å². The largest absolute Gasteiger partial charge is 0.277 e. The van der Waals surface area contributed by atoms with Crippen LogP contribution in [0.4, 0.5) is 11.4 Å². The van der Waals surface area contributed by atoms with E-state index in [1.54, 1.807) is 38.1 Å². The van der Waals surface area contributed by atoms with E-state index in [2.05, 4.69) is 10.5 Å². The molecule has 0 aliphatic rings. The van der Waals surface area contributed by atoms with Crippen molar-refractivity contribution < 1.29 is 13.3 Å². The zero-order chi connectivity index (χ0) is 20.0. The van der Waals surface area contributed by atoms with Gasteiger partial charge in [0.05, 0.1) is 16.8 Å². The monoisotopic (exact) mass is 410 g/mol. The molecule has 0 bridgehead atoms. The van der Waals surface area contributed by atoms with Gasteiger partial charge in [-0.2, -0.15) is 9.41 Å². The standard InChI is InChI=1S/C17H19ClN4O4S/c1-3-21(4-2)27(25,26)17-11-15(22(23)24)8-9-16(17)20-19-12-13-6-5-7-14(18)10-13/h5-12,20H,3-4H2,1-2H3/b19-12+. The maximum absolute atomic E-state index is 12.9. The van der Waals surface area contributed by atoms with Crippen molar-refractivity contribution in [1.29, 1.82) is 0 Å². The highest BCUT2D eigenvalue weighted by Gasteiger charge is 2.27. The molecule has 0 fully saturated rings. The van der Waals surface area contributed by atoms with E-state index in [9.17, 15) is 18.5 Å². The van der Waals surface area contributed by atoms with Crippen molar-refractivity contribution in [1.82, 2.24) is 4.31 Å². The molecule has 0 spiro atoms. The van der Waals surface area contributed by atoms with Crippen LogP contribution in [0.1, 0.15) is 19.4 Å². The van der Waals surface area contributed by atoms with Crippen LogP contribution in [-0.4, -0.2) is 37.0 Å². The van der Waals surface area contributed by atoms with Crippen LogP contribution in [0.25, 0.3) is 0 Å². The molecule has 0 saturated heterocycles. The van der Waals surface area contributed by atoms with E-state index in [1.807, 2.05) is 0 Å². The van der Waals surface area contributed by atoms with Crippen molar-refractivity contribution >= 4 is 39.2 Å². The number of nitrogens with zero attached hydrogens (tertiary/aromatic N) is 3. The van der Waals surface area contributed by atoms with Crippen LogP contribution >= 0.6 is 11.6 Å². The van der Waals surface area contributed by atoms with Crippen molar-refractivity contribution in [3.05, 3.63) is 63.2 Å². The van der Waals surface area contributed by atoms with E-state index in [0.29, 0.717) is 10.6 Å². The van der Waals surface area contributed by atoms with Crippen molar-refractivity contribution in [3.8, 4) is 0 Å². The number of sulfonamides is 1. The summed E-state index contributed by atoms with van der Waals surface area (Å²) in [5, 5.41) is 15.6. The first-order valence-electron chi connectivity index (χ1n) is 8.12. The third kappa shape index (κ3) is 5.03. The maximum Gasteiger partial charge on any atom is 0.270 e. The Bertz CT molecular complexity index is 959. The molecular weight excluding hydrogens is 392 g/mol. The van der Waals surface area contributed by atoms with Gasteiger partial charge in [-0.1, -0.05) is 37.6 Å². The second-order valence-electron chi connectivity index (χ2n) is 5.45. The molecule has 0 aliphatic heterocycles. The molecule has 0 amide bonds. The summed E-state index contributed by atoms with van der Waals surface area (Å²) >= 11 is 5.91. The fourth-order valence-electron chi connectivity index (χ4n) is 2.40. The molecule has 0 unspecified atom stereocenters. The quantitative estimate of drug-likeness (QED) is 0.405. The van der Waals surface area contributed by atoms with Gasteiger partial charge in [0.25, 0.3) is 5.69 Å². The van der Waals surface area contributed by atoms with E-state index in [1.165, 1.54) is 22.7 Å². The third-order valence-electron chi connectivity index (χ3n) is 3.75. The second kappa shape index (κ2) is 8.94. The summed E-state index contributed by atoms with van der Waals surface area (Å²) in [5.41, 5.74) is 3.20. The molecule has 27 heavy (non-hydrogen) atoms. The summed E-state index contributed by atoms with van der Waals surface area (Å²) in [6.45, 7) is 3.88. The molecule has 0 radical (unpaired) electrons. The minimum Gasteiger partial charge on any atom is -0.277 e. The van der Waals surface area contributed by atoms with E-state index >= 15 is 0 Å². The molecule has 0 heterocycles. The Kier molecular flexibility index (Phi) is 6.89. The van der Waals surface area contributed by atoms with Gasteiger partial charge in [-0.15, -0.1) is 0 Å². The van der Waals surface area contributed by atoms with Crippen molar-refractivity contribution in [2.75, 3.05) is 18.5 Å². The summed E-state index contributed by atoms with van der Waals surface area (Å²) in [6.07, 6.45) is 1.47. The van der Waals surface area contributed by atoms with Gasteiger partial charge in [0, 0.05) is 30.2 Å². The number of hydrogen-bond acceptors (Lipinski definition) is 6. The van der Waals surface area contributed by atoms with Crippen LogP contribution in [0.2, 0.25) is 5.02 Å². The molecule has 0 aromatic heterocycles. The number of benzene rings is 2. The lowest BCUT2D eigenvalue weighted by molar-refractivity contribution is -0.385. The molecular formula is C17H19ClN4O4S. The Hall–Kier alpha value is -2.49. The average Bonchev–Trinajstić information content (AvgIpc) is 2.62. The van der Waals surface area contributed by atoms with Gasteiger partial charge in [-0.3, -0.25) is 15.5 Å². The Morgan fingerprint density at radius 2 is 1.93 bits per heavy atom. The molecule has 0 saturated carbocycles. The van der Waals surface area contributed by atoms with Crippen LogP contribution in [-0.2, 0) is 10.0 Å². The van der Waals surface area contributed by atoms with Crippen molar-refractivity contribution in [2.45, 2.75) is 18.7 Å². The topological polar surface area (TPSA) is 105 Å². The second-order valence-corrected chi connectivity index (χ2v) is 7.79. The summed E-state index contributed by atoms with van der Waals surface area (Å²) in [4.78, 5) is 10.2. The van der Waals surface area contributed by atoms with Crippen molar-refractivity contribution in [2.24, 2.45) is 5.10 Å². The predicted octanol–water partition coefficient (Wildman–Crippen LogP) is 3.72. The molecule has 2 aromatic rings. The number of rotatable bonds is 8. The normalized spacial score (nSPS) is 11.9. The Labute approximate surface area is 162 Å². The molecule has 1 N–H and O–H groups in total. The number of hydrogen-bond donors (Lipinski definition) is 1. The average molecular weight is 411 g/mol. The molecule has 2 aromatic carbocycles. The number of non-ortho nitro benzene ring substituents is 1. The van der Waals surface area contributed by atoms with Gasteiger partial charge >= 0.3 is 0 Å². The third-order valence-corrected chi connectivity index (χ3v) is 6.07. The first kappa shape index (κ1) is 20.8. The fraction of sp³-hybridized carbons (Fsp3) is 0.235. The van der Waals surface area contributed by atoms with Gasteiger partial charge in [-0.25, -0.2) is 8.42 Å². The minimum absolute atomic E-state index is 0.144. The van der Waals surface area contributed by atoms with Crippen molar-refractivity contribution in [3.63, 3.8) is 0 Å². The zero-order valence-corrected chi connectivity index (χ0v) is 16.4. The predicted molar refractivity (Wildman–Crippen MR) is 106 cm³/mol. The maximum atomic E-state index is 12.9. The SMILES string of the molecule is CCN(CC)S(=O)(=O)c1cc([N+](=O)[O-])ccc1N/N=C/c1cccc(Cl)c1. The zero-order valence-electron chi connectivity index (χ0n) is 14.8. The summed E-state index contributed by atoms with van der Waals surface area (Å²) < 4.78 is 26.9. The first-order valence-corrected chi connectivity index (χ1v) is 9.94. The highest BCUT2D eigenvalue weighted by atomic mass is 35.5. The highest BCUT2D eigenvalue weighted by Crippen LogP contribution is 2.29. The first-order chi connectivity index (χ1) is 12.8. The molecule has 2 rings (SSSR count). The number of hydrazone groups is 1. The van der Waals surface area contributed by atoms with Crippen LogP contribution in [0.3, 0.4) is 0 Å². The lowest BCUT2D eigenvalue weighted by Crippen LogP contribution is -2.31. The van der Waals surface area contributed by atoms with Gasteiger partial charge in [0.15, 0.2) is 0 Å². The smallest absolute Gasteiger partial charge is 0.270 e. The number of halogens is 1. The molecule has 8 nitrogen and oxygen atoms in total. The molecule has 0 aliphatic carbocycles. The van der Waals surface area contributed by atoms with Crippen LogP contribution in [0, 0.1) is 10.1 Å². The number of anilines is 1. The lowest BCUT2D eigenvalue weighted by Gasteiger charge is -2.20. The van der Waals surface area contributed by atoms with E-state index in [-0.39, 0.29) is 29.4 Å². The van der Waals surface area contributed by atoms with Crippen LogP contribution in [0.15, 0.2) is 52.5 Å². The van der Waals surface area contributed by atoms with E-state index in [0.717, 1.165) is 6.07 Å². The van der Waals surface area contributed by atoms with E-state index < -0.39 is 14.9 Å². The molecule has 10 heteroatoms. The number of nitrogens with one attached hydrogen (secondary N) is 1. The minimum atomic E-state index is -3.92. The van der Waals surface area contributed by atoms with Crippen LogP contribution < -0.4 is 5.43 Å². The summed E-state index contributed by atoms with van der Waals surface area (Å²) in [6, 6.07) is 10.5. The highest BCUT2D eigenvalue weighted by molar-refractivity contribution is 7.89.